The highest BCUT2D eigenvalue weighted by atomic mass is 16.5. The molecule has 2 aromatic heterocycles. The first kappa shape index (κ1) is 13.1. The van der Waals surface area contributed by atoms with Gasteiger partial charge in [-0.1, -0.05) is 0 Å². The number of nitrogens with zero attached hydrogens (tertiary/aromatic N) is 4. The maximum absolute atomic E-state index is 11.7. The summed E-state index contributed by atoms with van der Waals surface area (Å²) in [6, 6.07) is 3.45. The molecular formula is C11H14N6O2. The van der Waals surface area contributed by atoms with Crippen molar-refractivity contribution in [3.05, 3.63) is 31.0 Å². The van der Waals surface area contributed by atoms with Gasteiger partial charge in [0.25, 0.3) is 0 Å². The number of hydrogen-bond donors (Lipinski definition) is 2. The minimum Gasteiger partial charge on any atom is -0.370 e. The molecule has 100 valence electrons. The highest BCUT2D eigenvalue weighted by molar-refractivity contribution is 5.93. The van der Waals surface area contributed by atoms with Crippen molar-refractivity contribution < 1.29 is 9.53 Å². The number of aromatic nitrogens is 4. The molecule has 0 radical (unpaired) electrons. The van der Waals surface area contributed by atoms with Crippen molar-refractivity contribution in [2.45, 2.75) is 0 Å². The maximum atomic E-state index is 11.7. The third kappa shape index (κ3) is 3.57. The monoisotopic (exact) mass is 262 g/mol. The largest absolute Gasteiger partial charge is 0.370 e. The Kier molecular flexibility index (Phi) is 4.54. The van der Waals surface area contributed by atoms with Crippen LogP contribution in [0.4, 0.5) is 5.69 Å². The Labute approximate surface area is 109 Å². The van der Waals surface area contributed by atoms with Crippen LogP contribution in [-0.2, 0) is 9.53 Å². The SMILES string of the molecule is NCCOCC(=O)Nc1cccnc1-n1cncn1. The highest BCUT2D eigenvalue weighted by Crippen LogP contribution is 2.15. The Morgan fingerprint density at radius 1 is 1.53 bits per heavy atom. The molecule has 0 aliphatic rings. The lowest BCUT2D eigenvalue weighted by Gasteiger charge is -2.09. The molecule has 0 aromatic carbocycles. The Balaban J connectivity index is 2.06. The van der Waals surface area contributed by atoms with Crippen molar-refractivity contribution in [3.8, 4) is 5.82 Å². The Morgan fingerprint density at radius 3 is 3.16 bits per heavy atom. The summed E-state index contributed by atoms with van der Waals surface area (Å²) in [6.45, 7) is 0.670. The summed E-state index contributed by atoms with van der Waals surface area (Å²) >= 11 is 0. The quantitative estimate of drug-likeness (QED) is 0.684. The summed E-state index contributed by atoms with van der Waals surface area (Å²) in [4.78, 5) is 19.7. The van der Waals surface area contributed by atoms with Crippen LogP contribution in [0.2, 0.25) is 0 Å². The van der Waals surface area contributed by atoms with Gasteiger partial charge in [-0.2, -0.15) is 5.10 Å². The fraction of sp³-hybridized carbons (Fsp3) is 0.273. The van der Waals surface area contributed by atoms with Crippen LogP contribution in [0.3, 0.4) is 0 Å². The molecule has 0 unspecified atom stereocenters. The molecule has 1 amide bonds. The lowest BCUT2D eigenvalue weighted by molar-refractivity contribution is -0.120. The van der Waals surface area contributed by atoms with E-state index < -0.39 is 0 Å². The van der Waals surface area contributed by atoms with Crippen LogP contribution in [0.25, 0.3) is 5.82 Å². The fourth-order valence-electron chi connectivity index (χ4n) is 1.43. The number of hydrogen-bond acceptors (Lipinski definition) is 6. The minimum absolute atomic E-state index is 0.0527. The number of carbonyl (C=O) groups excluding carboxylic acids is 1. The van der Waals surface area contributed by atoms with Gasteiger partial charge < -0.3 is 15.8 Å². The summed E-state index contributed by atoms with van der Waals surface area (Å²) in [7, 11) is 0. The second-order valence-electron chi connectivity index (χ2n) is 3.60. The van der Waals surface area contributed by atoms with Gasteiger partial charge >= 0.3 is 0 Å². The second-order valence-corrected chi connectivity index (χ2v) is 3.60. The van der Waals surface area contributed by atoms with Gasteiger partial charge in [-0.05, 0) is 12.1 Å². The van der Waals surface area contributed by atoms with E-state index in [0.717, 1.165) is 0 Å². The van der Waals surface area contributed by atoms with E-state index in [1.807, 2.05) is 0 Å². The molecule has 19 heavy (non-hydrogen) atoms. The second kappa shape index (κ2) is 6.57. The van der Waals surface area contributed by atoms with Gasteiger partial charge in [-0.25, -0.2) is 14.6 Å². The van der Waals surface area contributed by atoms with Crippen LogP contribution >= 0.6 is 0 Å². The van der Waals surface area contributed by atoms with Crippen molar-refractivity contribution in [2.75, 3.05) is 25.1 Å². The average molecular weight is 262 g/mol. The van der Waals surface area contributed by atoms with Crippen molar-refractivity contribution in [3.63, 3.8) is 0 Å². The van der Waals surface area contributed by atoms with E-state index in [1.54, 1.807) is 18.3 Å². The number of nitrogens with one attached hydrogen (secondary N) is 1. The number of carbonyl (C=O) groups is 1. The molecule has 0 saturated carbocycles. The van der Waals surface area contributed by atoms with Gasteiger partial charge in [0.05, 0.1) is 12.3 Å². The van der Waals surface area contributed by atoms with E-state index in [-0.39, 0.29) is 12.5 Å². The molecule has 0 fully saturated rings. The number of pyridine rings is 1. The lowest BCUT2D eigenvalue weighted by Crippen LogP contribution is -2.21. The first-order valence-electron chi connectivity index (χ1n) is 5.69. The van der Waals surface area contributed by atoms with E-state index in [1.165, 1.54) is 17.3 Å². The number of nitrogens with two attached hydrogens (primary N) is 1. The highest BCUT2D eigenvalue weighted by Gasteiger charge is 2.09. The summed E-state index contributed by atoms with van der Waals surface area (Å²) in [6.07, 6.45) is 4.51. The zero-order valence-corrected chi connectivity index (χ0v) is 10.2. The Bertz CT molecular complexity index is 528. The number of amides is 1. The molecule has 0 atom stereocenters. The standard InChI is InChI=1S/C11H14N6O2/c12-3-5-19-6-10(18)16-9-2-1-4-14-11(9)17-8-13-7-15-17/h1-2,4,7-8H,3,5-6,12H2,(H,16,18). The third-order valence-electron chi connectivity index (χ3n) is 2.19. The number of ether oxygens (including phenoxy) is 1. The van der Waals surface area contributed by atoms with Crippen molar-refractivity contribution in [1.29, 1.82) is 0 Å². The van der Waals surface area contributed by atoms with E-state index in [2.05, 4.69) is 20.4 Å². The number of rotatable bonds is 6. The minimum atomic E-state index is -0.275. The van der Waals surface area contributed by atoms with Crippen molar-refractivity contribution in [1.82, 2.24) is 19.7 Å². The van der Waals surface area contributed by atoms with Gasteiger partial charge in [0.2, 0.25) is 5.91 Å². The molecule has 0 bridgehead atoms. The summed E-state index contributed by atoms with van der Waals surface area (Å²) in [5.74, 6) is 0.218. The van der Waals surface area contributed by atoms with Gasteiger partial charge in [0.15, 0.2) is 5.82 Å². The van der Waals surface area contributed by atoms with E-state index >= 15 is 0 Å². The molecule has 2 heterocycles. The van der Waals surface area contributed by atoms with Crippen molar-refractivity contribution >= 4 is 11.6 Å². The first-order valence-corrected chi connectivity index (χ1v) is 5.69. The predicted octanol–water partition coefficient (Wildman–Crippen LogP) is -0.424. The smallest absolute Gasteiger partial charge is 0.250 e. The molecule has 8 nitrogen and oxygen atoms in total. The third-order valence-corrected chi connectivity index (χ3v) is 2.19. The zero-order valence-electron chi connectivity index (χ0n) is 10.2. The van der Waals surface area contributed by atoms with Crippen molar-refractivity contribution in [2.24, 2.45) is 5.73 Å². The molecule has 0 saturated heterocycles. The van der Waals surface area contributed by atoms with Crippen LogP contribution in [0.5, 0.6) is 0 Å². The summed E-state index contributed by atoms with van der Waals surface area (Å²) < 4.78 is 6.52. The molecule has 0 aliphatic carbocycles. The van der Waals surface area contributed by atoms with E-state index in [0.29, 0.717) is 24.7 Å². The Hall–Kier alpha value is -2.32. The average Bonchev–Trinajstić information content (AvgIpc) is 2.93. The van der Waals surface area contributed by atoms with Gasteiger partial charge in [-0.15, -0.1) is 0 Å². The van der Waals surface area contributed by atoms with Gasteiger partial charge in [0, 0.05) is 12.7 Å². The van der Waals surface area contributed by atoms with E-state index in [4.69, 9.17) is 10.5 Å². The molecule has 3 N–H and O–H groups in total. The van der Waals surface area contributed by atoms with Crippen LogP contribution in [0.15, 0.2) is 31.0 Å². The van der Waals surface area contributed by atoms with Crippen LogP contribution in [0, 0.1) is 0 Å². The molecule has 0 spiro atoms. The molecular weight excluding hydrogens is 248 g/mol. The van der Waals surface area contributed by atoms with E-state index in [9.17, 15) is 4.79 Å². The normalized spacial score (nSPS) is 10.4. The topological polar surface area (TPSA) is 108 Å². The van der Waals surface area contributed by atoms with Gasteiger partial charge in [0.1, 0.15) is 19.3 Å². The Morgan fingerprint density at radius 2 is 2.42 bits per heavy atom. The maximum Gasteiger partial charge on any atom is 0.250 e. The molecule has 8 heteroatoms. The molecule has 2 aromatic rings. The van der Waals surface area contributed by atoms with Crippen LogP contribution in [-0.4, -0.2) is 45.4 Å². The lowest BCUT2D eigenvalue weighted by atomic mass is 10.3. The molecule has 2 rings (SSSR count). The predicted molar refractivity (Wildman–Crippen MR) is 67.7 cm³/mol. The summed E-state index contributed by atoms with van der Waals surface area (Å²) in [5, 5.41) is 6.68. The van der Waals surface area contributed by atoms with Crippen LogP contribution in [0.1, 0.15) is 0 Å². The number of anilines is 1. The summed E-state index contributed by atoms with van der Waals surface area (Å²) in [5.41, 5.74) is 5.81. The first-order chi connectivity index (χ1) is 9.31. The van der Waals surface area contributed by atoms with Crippen LogP contribution < -0.4 is 11.1 Å². The fourth-order valence-corrected chi connectivity index (χ4v) is 1.43. The molecule has 0 aliphatic heterocycles. The zero-order chi connectivity index (χ0) is 13.5. The van der Waals surface area contributed by atoms with Gasteiger partial charge in [-0.3, -0.25) is 4.79 Å².